The second kappa shape index (κ2) is 5.08. The number of carbonyl (C=O) groups is 3. The van der Waals surface area contributed by atoms with E-state index in [9.17, 15) is 14.4 Å². The number of nitrogens with zero attached hydrogens (tertiary/aromatic N) is 2. The van der Waals surface area contributed by atoms with Crippen molar-refractivity contribution in [1.29, 1.82) is 0 Å². The van der Waals surface area contributed by atoms with Crippen LogP contribution in [0.25, 0.3) is 0 Å². The molecule has 2 amide bonds. The minimum atomic E-state index is -0.122. The Labute approximate surface area is 107 Å². The summed E-state index contributed by atoms with van der Waals surface area (Å²) in [6.45, 7) is 5.13. The average molecular weight is 252 g/mol. The summed E-state index contributed by atoms with van der Waals surface area (Å²) in [5.74, 6) is 0.176. The summed E-state index contributed by atoms with van der Waals surface area (Å²) < 4.78 is 0. The lowest BCUT2D eigenvalue weighted by Crippen LogP contribution is -2.46. The molecule has 100 valence electrons. The second-order valence-electron chi connectivity index (χ2n) is 5.30. The molecule has 0 bridgehead atoms. The number of piperidine rings is 1. The summed E-state index contributed by atoms with van der Waals surface area (Å²) in [5.41, 5.74) is 0. The van der Waals surface area contributed by atoms with E-state index in [1.165, 1.54) is 0 Å². The lowest BCUT2D eigenvalue weighted by atomic mass is 10.0. The summed E-state index contributed by atoms with van der Waals surface area (Å²) >= 11 is 0. The van der Waals surface area contributed by atoms with Crippen LogP contribution in [-0.2, 0) is 14.4 Å². The molecule has 0 aromatic rings. The highest BCUT2D eigenvalue weighted by molar-refractivity contribution is 5.89. The fourth-order valence-electron chi connectivity index (χ4n) is 2.85. The van der Waals surface area contributed by atoms with Crippen molar-refractivity contribution in [3.63, 3.8) is 0 Å². The van der Waals surface area contributed by atoms with Gasteiger partial charge in [0.2, 0.25) is 11.8 Å². The van der Waals surface area contributed by atoms with E-state index in [2.05, 4.69) is 0 Å². The molecule has 5 nitrogen and oxygen atoms in total. The first-order valence-corrected chi connectivity index (χ1v) is 6.54. The van der Waals surface area contributed by atoms with Crippen LogP contribution < -0.4 is 0 Å². The van der Waals surface area contributed by atoms with E-state index < -0.39 is 0 Å². The Bertz CT molecular complexity index is 372. The molecule has 2 fully saturated rings. The quantitative estimate of drug-likeness (QED) is 0.716. The van der Waals surface area contributed by atoms with Crippen LogP contribution in [0.2, 0.25) is 0 Å². The Morgan fingerprint density at radius 3 is 2.22 bits per heavy atom. The third-order valence-corrected chi connectivity index (χ3v) is 4.08. The van der Waals surface area contributed by atoms with E-state index in [4.69, 9.17) is 0 Å². The molecule has 2 saturated heterocycles. The molecule has 1 atom stereocenters. The minimum Gasteiger partial charge on any atom is -0.343 e. The maximum Gasteiger partial charge on any atom is 0.223 e. The van der Waals surface area contributed by atoms with Gasteiger partial charge in [-0.1, -0.05) is 0 Å². The van der Waals surface area contributed by atoms with Gasteiger partial charge in [-0.2, -0.15) is 0 Å². The Hall–Kier alpha value is -1.39. The van der Waals surface area contributed by atoms with Gasteiger partial charge in [0, 0.05) is 44.9 Å². The molecule has 0 saturated carbocycles. The third-order valence-electron chi connectivity index (χ3n) is 4.08. The lowest BCUT2D eigenvalue weighted by molar-refractivity contribution is -0.133. The SMILES string of the molecule is CC(=O)C1CC(=O)N(C2CCN(C(C)=O)CC2)C1. The Morgan fingerprint density at radius 2 is 1.78 bits per heavy atom. The number of hydrogen-bond acceptors (Lipinski definition) is 3. The van der Waals surface area contributed by atoms with Gasteiger partial charge in [-0.25, -0.2) is 0 Å². The van der Waals surface area contributed by atoms with Crippen molar-refractivity contribution >= 4 is 17.6 Å². The number of likely N-dealkylation sites (tertiary alicyclic amines) is 2. The van der Waals surface area contributed by atoms with E-state index in [1.807, 2.05) is 9.80 Å². The second-order valence-corrected chi connectivity index (χ2v) is 5.30. The van der Waals surface area contributed by atoms with Crippen LogP contribution in [0.3, 0.4) is 0 Å². The van der Waals surface area contributed by atoms with Gasteiger partial charge in [-0.15, -0.1) is 0 Å². The predicted molar refractivity (Wildman–Crippen MR) is 65.8 cm³/mol. The number of Topliss-reactive ketones (excluding diaryl/α,β-unsaturated/α-hetero) is 1. The molecule has 0 N–H and O–H groups in total. The van der Waals surface area contributed by atoms with Crippen LogP contribution in [0.4, 0.5) is 0 Å². The van der Waals surface area contributed by atoms with Crippen molar-refractivity contribution in [2.45, 2.75) is 39.2 Å². The maximum atomic E-state index is 11.9. The molecular weight excluding hydrogens is 232 g/mol. The van der Waals surface area contributed by atoms with Crippen molar-refractivity contribution < 1.29 is 14.4 Å². The van der Waals surface area contributed by atoms with Gasteiger partial charge in [0.05, 0.1) is 0 Å². The normalized spacial score (nSPS) is 25.7. The molecule has 2 aliphatic rings. The number of rotatable bonds is 2. The standard InChI is InChI=1S/C13H20N2O3/c1-9(16)11-7-13(18)15(8-11)12-3-5-14(6-4-12)10(2)17/h11-12H,3-8H2,1-2H3. The predicted octanol–water partition coefficient (Wildman–Crippen LogP) is 0.435. The van der Waals surface area contributed by atoms with Gasteiger partial charge >= 0.3 is 0 Å². The van der Waals surface area contributed by atoms with Crippen molar-refractivity contribution in [2.75, 3.05) is 19.6 Å². The van der Waals surface area contributed by atoms with Crippen molar-refractivity contribution in [3.8, 4) is 0 Å². The fourth-order valence-corrected chi connectivity index (χ4v) is 2.85. The first kappa shape index (κ1) is 13.1. The van der Waals surface area contributed by atoms with E-state index in [0.717, 1.165) is 12.8 Å². The summed E-state index contributed by atoms with van der Waals surface area (Å²) in [5, 5.41) is 0. The van der Waals surface area contributed by atoms with Gasteiger partial charge in [-0.05, 0) is 19.8 Å². The van der Waals surface area contributed by atoms with Crippen molar-refractivity contribution in [1.82, 2.24) is 9.80 Å². The Balaban J connectivity index is 1.92. The van der Waals surface area contributed by atoms with E-state index in [1.54, 1.807) is 13.8 Å². The molecule has 2 heterocycles. The molecule has 0 aromatic heterocycles. The van der Waals surface area contributed by atoms with Crippen LogP contribution in [0.1, 0.15) is 33.1 Å². The van der Waals surface area contributed by atoms with Gasteiger partial charge < -0.3 is 9.80 Å². The largest absolute Gasteiger partial charge is 0.343 e. The zero-order valence-electron chi connectivity index (χ0n) is 11.0. The van der Waals surface area contributed by atoms with Crippen molar-refractivity contribution in [2.24, 2.45) is 5.92 Å². The molecule has 2 rings (SSSR count). The maximum absolute atomic E-state index is 11.9. The smallest absolute Gasteiger partial charge is 0.223 e. The third kappa shape index (κ3) is 2.54. The minimum absolute atomic E-state index is 0.0940. The molecule has 2 aliphatic heterocycles. The highest BCUT2D eigenvalue weighted by atomic mass is 16.2. The highest BCUT2D eigenvalue weighted by Gasteiger charge is 2.37. The number of amides is 2. The lowest BCUT2D eigenvalue weighted by Gasteiger charge is -2.36. The zero-order valence-corrected chi connectivity index (χ0v) is 11.0. The topological polar surface area (TPSA) is 57.7 Å². The summed E-state index contributed by atoms with van der Waals surface area (Å²) in [6.07, 6.45) is 2.02. The van der Waals surface area contributed by atoms with Crippen molar-refractivity contribution in [3.05, 3.63) is 0 Å². The van der Waals surface area contributed by atoms with Gasteiger partial charge in [0.15, 0.2) is 0 Å². The van der Waals surface area contributed by atoms with E-state index in [-0.39, 0.29) is 29.6 Å². The molecule has 1 unspecified atom stereocenters. The van der Waals surface area contributed by atoms with Crippen LogP contribution >= 0.6 is 0 Å². The molecule has 5 heteroatoms. The molecule has 0 spiro atoms. The average Bonchev–Trinajstić information content (AvgIpc) is 2.71. The molecule has 0 aliphatic carbocycles. The first-order valence-electron chi connectivity index (χ1n) is 6.54. The summed E-state index contributed by atoms with van der Waals surface area (Å²) in [6, 6.07) is 0.206. The number of carbonyl (C=O) groups excluding carboxylic acids is 3. The highest BCUT2D eigenvalue weighted by Crippen LogP contribution is 2.25. The first-order chi connectivity index (χ1) is 8.49. The monoisotopic (exact) mass is 252 g/mol. The van der Waals surface area contributed by atoms with Gasteiger partial charge in [0.25, 0.3) is 0 Å². The summed E-state index contributed by atoms with van der Waals surface area (Å²) in [7, 11) is 0. The van der Waals surface area contributed by atoms with Crippen LogP contribution in [-0.4, -0.2) is 53.1 Å². The molecule has 0 radical (unpaired) electrons. The summed E-state index contributed by atoms with van der Waals surface area (Å²) in [4.78, 5) is 38.1. The molecular formula is C13H20N2O3. The Kier molecular flexibility index (Phi) is 3.68. The molecule has 0 aromatic carbocycles. The number of ketones is 1. The zero-order chi connectivity index (χ0) is 13.3. The van der Waals surface area contributed by atoms with Crippen LogP contribution in [0.5, 0.6) is 0 Å². The number of hydrogen-bond donors (Lipinski definition) is 0. The fraction of sp³-hybridized carbons (Fsp3) is 0.769. The van der Waals surface area contributed by atoms with Gasteiger partial charge in [0.1, 0.15) is 5.78 Å². The molecule has 18 heavy (non-hydrogen) atoms. The Morgan fingerprint density at radius 1 is 1.17 bits per heavy atom. The van der Waals surface area contributed by atoms with E-state index in [0.29, 0.717) is 26.1 Å². The van der Waals surface area contributed by atoms with Crippen LogP contribution in [0, 0.1) is 5.92 Å². The van der Waals surface area contributed by atoms with Gasteiger partial charge in [-0.3, -0.25) is 14.4 Å². The van der Waals surface area contributed by atoms with E-state index >= 15 is 0 Å². The van der Waals surface area contributed by atoms with Crippen LogP contribution in [0.15, 0.2) is 0 Å².